The second-order valence-electron chi connectivity index (χ2n) is 5.73. The zero-order chi connectivity index (χ0) is 17.1. The summed E-state index contributed by atoms with van der Waals surface area (Å²) in [5.74, 6) is -2.24. The Morgan fingerprint density at radius 2 is 2.09 bits per heavy atom. The molecule has 0 spiro atoms. The van der Waals surface area contributed by atoms with Gasteiger partial charge >= 0.3 is 5.97 Å². The Morgan fingerprint density at radius 1 is 1.50 bits per heavy atom. The van der Waals surface area contributed by atoms with Crippen molar-refractivity contribution >= 4 is 33.3 Å². The molecule has 22 heavy (non-hydrogen) atoms. The Bertz CT molecular complexity index is 557. The first kappa shape index (κ1) is 19.3. The summed E-state index contributed by atoms with van der Waals surface area (Å²) in [6, 6.07) is 2.35. The normalized spacial score (nSPS) is 16.1. The predicted molar refractivity (Wildman–Crippen MR) is 82.8 cm³/mol. The average Bonchev–Trinajstić information content (AvgIpc) is 2.39. The van der Waals surface area contributed by atoms with Crippen LogP contribution >= 0.6 is 15.9 Å². The molecule has 1 aromatic rings. The number of nitrogens with one attached hydrogen (secondary N) is 1. The number of nitrogens with zero attached hydrogens (tertiary/aromatic N) is 1. The molecular weight excluding hydrogens is 382 g/mol. The molecule has 0 fully saturated rings. The van der Waals surface area contributed by atoms with E-state index < -0.39 is 52.2 Å². The highest BCUT2D eigenvalue weighted by Crippen LogP contribution is 2.31. The van der Waals surface area contributed by atoms with Crippen LogP contribution in [0.15, 0.2) is 16.7 Å². The van der Waals surface area contributed by atoms with Gasteiger partial charge in [-0.1, -0.05) is 0 Å². The Kier molecular flexibility index (Phi) is 6.31. The van der Waals surface area contributed by atoms with Crippen LogP contribution < -0.4 is 4.72 Å². The van der Waals surface area contributed by atoms with E-state index in [1.807, 2.05) is 0 Å². The van der Waals surface area contributed by atoms with Crippen LogP contribution in [0.3, 0.4) is 0 Å². The van der Waals surface area contributed by atoms with Crippen LogP contribution in [0.4, 0.5) is 8.78 Å². The lowest BCUT2D eigenvalue weighted by Crippen LogP contribution is -2.54. The molecule has 0 bridgehead atoms. The van der Waals surface area contributed by atoms with Crippen LogP contribution in [0, 0.1) is 5.82 Å². The van der Waals surface area contributed by atoms with Gasteiger partial charge in [0.1, 0.15) is 33.1 Å². The maximum Gasteiger partial charge on any atom is 0.305 e. The molecule has 2 N–H and O–H groups in total. The first-order valence-electron chi connectivity index (χ1n) is 6.32. The van der Waals surface area contributed by atoms with Crippen molar-refractivity contribution in [3.8, 4) is 0 Å². The van der Waals surface area contributed by atoms with Gasteiger partial charge in [-0.25, -0.2) is 13.8 Å². The van der Waals surface area contributed by atoms with E-state index in [0.717, 1.165) is 6.07 Å². The van der Waals surface area contributed by atoms with E-state index in [1.54, 1.807) is 20.8 Å². The predicted octanol–water partition coefficient (Wildman–Crippen LogP) is 2.67. The van der Waals surface area contributed by atoms with Gasteiger partial charge in [0, 0.05) is 11.4 Å². The number of alkyl halides is 1. The van der Waals surface area contributed by atoms with E-state index in [0.29, 0.717) is 0 Å². The maximum absolute atomic E-state index is 14.1. The van der Waals surface area contributed by atoms with Gasteiger partial charge in [0.2, 0.25) is 0 Å². The SMILES string of the molecule is CC(C)(C)[S@@+]([O-])NC(CF)(CC(=O)O)c1nc(Br)ccc1F. The highest BCUT2D eigenvalue weighted by Gasteiger charge is 2.45. The van der Waals surface area contributed by atoms with Crippen LogP contribution in [-0.2, 0) is 21.7 Å². The molecule has 0 aromatic carbocycles. The fourth-order valence-corrected chi connectivity index (χ4v) is 2.84. The van der Waals surface area contributed by atoms with Crippen molar-refractivity contribution in [1.82, 2.24) is 9.71 Å². The summed E-state index contributed by atoms with van der Waals surface area (Å²) in [7, 11) is 0. The lowest BCUT2D eigenvalue weighted by Gasteiger charge is -2.34. The highest BCUT2D eigenvalue weighted by atomic mass is 79.9. The number of aliphatic carboxylic acids is 1. The molecule has 0 aliphatic rings. The lowest BCUT2D eigenvalue weighted by molar-refractivity contribution is -0.139. The maximum atomic E-state index is 14.1. The summed E-state index contributed by atoms with van der Waals surface area (Å²) >= 11 is 1.22. The molecule has 1 rings (SSSR count). The number of rotatable bonds is 6. The largest absolute Gasteiger partial charge is 0.598 e. The number of hydrogen-bond donors (Lipinski definition) is 2. The minimum Gasteiger partial charge on any atom is -0.598 e. The summed E-state index contributed by atoms with van der Waals surface area (Å²) in [6.45, 7) is 3.61. The van der Waals surface area contributed by atoms with Crippen LogP contribution in [0.5, 0.6) is 0 Å². The molecule has 0 saturated carbocycles. The first-order chi connectivity index (χ1) is 10.0. The molecule has 5 nitrogen and oxygen atoms in total. The Labute approximate surface area is 139 Å². The Balaban J connectivity index is 3.38. The second kappa shape index (κ2) is 7.20. The number of hydrogen-bond acceptors (Lipinski definition) is 4. The van der Waals surface area contributed by atoms with Gasteiger partial charge in [-0.3, -0.25) is 4.79 Å². The summed E-state index contributed by atoms with van der Waals surface area (Å²) < 4.78 is 41.9. The topological polar surface area (TPSA) is 85.3 Å². The molecule has 1 aromatic heterocycles. The van der Waals surface area contributed by atoms with E-state index in [9.17, 15) is 18.1 Å². The monoisotopic (exact) mass is 398 g/mol. The van der Waals surface area contributed by atoms with Gasteiger partial charge in [-0.2, -0.15) is 0 Å². The van der Waals surface area contributed by atoms with Crippen molar-refractivity contribution in [2.24, 2.45) is 0 Å². The summed E-state index contributed by atoms with van der Waals surface area (Å²) in [4.78, 5) is 15.0. The molecular formula is C13H17BrF2N2O3S. The molecule has 1 heterocycles. The van der Waals surface area contributed by atoms with Gasteiger partial charge in [-0.15, -0.1) is 4.72 Å². The summed E-state index contributed by atoms with van der Waals surface area (Å²) in [5.41, 5.74) is -2.44. The minimum absolute atomic E-state index is 0.218. The first-order valence-corrected chi connectivity index (χ1v) is 8.26. The van der Waals surface area contributed by atoms with Gasteiger partial charge in [0.05, 0.1) is 6.42 Å². The molecule has 0 aliphatic carbocycles. The molecule has 0 radical (unpaired) electrons. The molecule has 0 saturated heterocycles. The van der Waals surface area contributed by atoms with Crippen molar-refractivity contribution in [3.05, 3.63) is 28.2 Å². The number of carboxylic acid groups (broad SMARTS) is 1. The van der Waals surface area contributed by atoms with E-state index in [-0.39, 0.29) is 4.60 Å². The average molecular weight is 399 g/mol. The van der Waals surface area contributed by atoms with E-state index in [1.165, 1.54) is 6.07 Å². The standard InChI is InChI=1S/C13H17BrF2N2O3S/c1-12(2,3)22(21)18-13(7-15,6-10(19)20)11-8(16)4-5-9(14)17-11/h4-5,18H,6-7H2,1-3H3,(H,19,20)/t13?,22-/m1/s1. The van der Waals surface area contributed by atoms with Gasteiger partial charge in [0.25, 0.3) is 0 Å². The number of carbonyl (C=O) groups is 1. The molecule has 2 atom stereocenters. The van der Waals surface area contributed by atoms with E-state index >= 15 is 0 Å². The van der Waals surface area contributed by atoms with Crippen LogP contribution in [0.1, 0.15) is 32.9 Å². The Morgan fingerprint density at radius 3 is 2.55 bits per heavy atom. The van der Waals surface area contributed by atoms with Crippen molar-refractivity contribution < 1.29 is 23.2 Å². The van der Waals surface area contributed by atoms with Crippen molar-refractivity contribution in [3.63, 3.8) is 0 Å². The third kappa shape index (κ3) is 4.61. The molecule has 124 valence electrons. The van der Waals surface area contributed by atoms with E-state index in [2.05, 4.69) is 25.6 Å². The molecule has 9 heteroatoms. The third-order valence-corrected chi connectivity index (χ3v) is 4.92. The smallest absolute Gasteiger partial charge is 0.305 e. The second-order valence-corrected chi connectivity index (χ2v) is 8.51. The van der Waals surface area contributed by atoms with Crippen LogP contribution in [0.25, 0.3) is 0 Å². The van der Waals surface area contributed by atoms with E-state index in [4.69, 9.17) is 5.11 Å². The number of halogens is 3. The van der Waals surface area contributed by atoms with Crippen LogP contribution in [-0.4, -0.2) is 32.0 Å². The van der Waals surface area contributed by atoms with Crippen LogP contribution in [0.2, 0.25) is 0 Å². The molecule has 1 unspecified atom stereocenters. The number of pyridine rings is 1. The van der Waals surface area contributed by atoms with Gasteiger partial charge in [0.15, 0.2) is 0 Å². The quantitative estimate of drug-likeness (QED) is 0.568. The zero-order valence-electron chi connectivity index (χ0n) is 12.3. The lowest BCUT2D eigenvalue weighted by atomic mass is 9.93. The van der Waals surface area contributed by atoms with Crippen molar-refractivity contribution in [2.45, 2.75) is 37.5 Å². The minimum atomic E-state index is -2.02. The number of carboxylic acids is 1. The zero-order valence-corrected chi connectivity index (χ0v) is 14.7. The fourth-order valence-electron chi connectivity index (χ4n) is 1.65. The van der Waals surface area contributed by atoms with Gasteiger partial charge in [-0.05, 0) is 48.8 Å². The molecule has 0 amide bonds. The summed E-state index contributed by atoms with van der Waals surface area (Å²) in [6.07, 6.45) is -0.800. The van der Waals surface area contributed by atoms with Gasteiger partial charge < -0.3 is 9.66 Å². The number of aromatic nitrogens is 1. The van der Waals surface area contributed by atoms with Crippen molar-refractivity contribution in [2.75, 3.05) is 6.67 Å². The molecule has 0 aliphatic heterocycles. The Hall–Kier alpha value is -0.770. The highest BCUT2D eigenvalue weighted by molar-refractivity contribution is 9.10. The fraction of sp³-hybridized carbons (Fsp3) is 0.538. The third-order valence-electron chi connectivity index (χ3n) is 2.79. The summed E-state index contributed by atoms with van der Waals surface area (Å²) in [5, 5.41) is 9.05. The van der Waals surface area contributed by atoms with Crippen molar-refractivity contribution in [1.29, 1.82) is 0 Å².